The molecule has 0 atom stereocenters. The van der Waals surface area contributed by atoms with E-state index in [2.05, 4.69) is 0 Å². The average molecular weight is 287 g/mol. The monoisotopic (exact) mass is 286 g/mol. The molecule has 20 heavy (non-hydrogen) atoms. The first-order valence-corrected chi connectivity index (χ1v) is 6.06. The quantitative estimate of drug-likeness (QED) is 0.890. The molecule has 0 saturated carbocycles. The van der Waals surface area contributed by atoms with Crippen molar-refractivity contribution in [1.82, 2.24) is 0 Å². The fourth-order valence-corrected chi connectivity index (χ4v) is 2.47. The van der Waals surface area contributed by atoms with Crippen molar-refractivity contribution < 1.29 is 4.74 Å². The molecule has 4 heteroatoms. The second kappa shape index (κ2) is 5.39. The first-order chi connectivity index (χ1) is 9.24. The minimum absolute atomic E-state index is 0. The van der Waals surface area contributed by atoms with E-state index in [0.29, 0.717) is 11.4 Å². The summed E-state index contributed by atoms with van der Waals surface area (Å²) in [6.07, 6.45) is 0. The highest BCUT2D eigenvalue weighted by Crippen LogP contribution is 2.38. The molecule has 0 heterocycles. The largest absolute Gasteiger partial charge is 0.496 e. The number of allylic oxidation sites excluding steroid dienone is 1. The van der Waals surface area contributed by atoms with Gasteiger partial charge in [-0.3, -0.25) is 5.41 Å². The van der Waals surface area contributed by atoms with Crippen LogP contribution in [0.4, 0.5) is 0 Å². The molecule has 3 rings (SSSR count). The highest BCUT2D eigenvalue weighted by atomic mass is 35.5. The fraction of sp³-hybridized carbons (Fsp3) is 0.0625. The zero-order valence-corrected chi connectivity index (χ0v) is 11.8. The lowest BCUT2D eigenvalue weighted by Crippen LogP contribution is -2.02. The molecule has 0 unspecified atom stereocenters. The van der Waals surface area contributed by atoms with Crippen molar-refractivity contribution >= 4 is 29.4 Å². The Morgan fingerprint density at radius 2 is 1.45 bits per heavy atom. The van der Waals surface area contributed by atoms with Gasteiger partial charge in [0.15, 0.2) is 0 Å². The van der Waals surface area contributed by atoms with Gasteiger partial charge in [0.2, 0.25) is 0 Å². The number of methoxy groups -OCH3 is 1. The minimum Gasteiger partial charge on any atom is -0.496 e. The molecule has 0 fully saturated rings. The number of nitrogens with one attached hydrogen (secondary N) is 1. The van der Waals surface area contributed by atoms with Crippen LogP contribution in [0.15, 0.2) is 48.5 Å². The van der Waals surface area contributed by atoms with Crippen LogP contribution < -0.4 is 10.5 Å². The summed E-state index contributed by atoms with van der Waals surface area (Å²) >= 11 is 0. The number of hydrogen-bond acceptors (Lipinski definition) is 3. The maximum Gasteiger partial charge on any atom is 0.126 e. The molecule has 1 aliphatic rings. The van der Waals surface area contributed by atoms with Crippen LogP contribution in [-0.2, 0) is 0 Å². The van der Waals surface area contributed by atoms with Gasteiger partial charge in [-0.05, 0) is 6.07 Å². The molecule has 1 aliphatic carbocycles. The molecule has 3 N–H and O–H groups in total. The maximum atomic E-state index is 8.33. The van der Waals surface area contributed by atoms with Gasteiger partial charge in [-0.25, -0.2) is 0 Å². The number of benzene rings is 2. The van der Waals surface area contributed by atoms with Gasteiger partial charge in [0.05, 0.1) is 12.8 Å². The Bertz CT molecular complexity index is 707. The SMILES string of the molecule is COc1ccccc1C1=C(N)c2ccccc2C1=N.Cl. The van der Waals surface area contributed by atoms with E-state index in [0.717, 1.165) is 28.0 Å². The van der Waals surface area contributed by atoms with Crippen LogP contribution in [0.3, 0.4) is 0 Å². The normalized spacial score (nSPS) is 12.9. The summed E-state index contributed by atoms with van der Waals surface area (Å²) in [5.41, 5.74) is 10.7. The topological polar surface area (TPSA) is 59.1 Å². The number of rotatable bonds is 2. The van der Waals surface area contributed by atoms with Gasteiger partial charge in [0.25, 0.3) is 0 Å². The van der Waals surface area contributed by atoms with E-state index < -0.39 is 0 Å². The number of ether oxygens (including phenoxy) is 1. The van der Waals surface area contributed by atoms with E-state index in [9.17, 15) is 0 Å². The van der Waals surface area contributed by atoms with Crippen LogP contribution in [0.25, 0.3) is 11.3 Å². The first kappa shape index (κ1) is 14.2. The summed E-state index contributed by atoms with van der Waals surface area (Å²) in [6, 6.07) is 15.4. The molecule has 102 valence electrons. The Labute approximate surface area is 124 Å². The Balaban J connectivity index is 0.00000147. The molecule has 0 bridgehead atoms. The first-order valence-electron chi connectivity index (χ1n) is 6.06. The van der Waals surface area contributed by atoms with E-state index >= 15 is 0 Å². The molecule has 0 amide bonds. The molecule has 0 aliphatic heterocycles. The number of hydrogen-bond donors (Lipinski definition) is 2. The Morgan fingerprint density at radius 1 is 0.900 bits per heavy atom. The number of para-hydroxylation sites is 1. The molecule has 0 spiro atoms. The van der Waals surface area contributed by atoms with Crippen molar-refractivity contribution in [2.24, 2.45) is 5.73 Å². The summed E-state index contributed by atoms with van der Waals surface area (Å²) in [7, 11) is 1.63. The van der Waals surface area contributed by atoms with Crippen LogP contribution in [-0.4, -0.2) is 12.8 Å². The highest BCUT2D eigenvalue weighted by molar-refractivity contribution is 6.41. The molecular weight excluding hydrogens is 272 g/mol. The van der Waals surface area contributed by atoms with Crippen molar-refractivity contribution in [3.05, 3.63) is 65.2 Å². The second-order valence-electron chi connectivity index (χ2n) is 4.41. The van der Waals surface area contributed by atoms with Gasteiger partial charge >= 0.3 is 0 Å². The summed E-state index contributed by atoms with van der Waals surface area (Å²) in [5, 5.41) is 8.33. The minimum atomic E-state index is 0. The number of nitrogens with two attached hydrogens (primary N) is 1. The van der Waals surface area contributed by atoms with Gasteiger partial charge in [-0.15, -0.1) is 12.4 Å². The Kier molecular flexibility index (Phi) is 3.81. The molecule has 2 aromatic carbocycles. The fourth-order valence-electron chi connectivity index (χ4n) is 2.47. The molecular formula is C16H15ClN2O. The maximum absolute atomic E-state index is 8.33. The lowest BCUT2D eigenvalue weighted by Gasteiger charge is -2.10. The molecule has 2 aromatic rings. The summed E-state index contributed by atoms with van der Waals surface area (Å²) < 4.78 is 5.37. The molecule has 3 nitrogen and oxygen atoms in total. The van der Waals surface area contributed by atoms with Gasteiger partial charge in [0, 0.05) is 28.0 Å². The van der Waals surface area contributed by atoms with Gasteiger partial charge in [0.1, 0.15) is 5.75 Å². The van der Waals surface area contributed by atoms with Crippen molar-refractivity contribution in [3.63, 3.8) is 0 Å². The van der Waals surface area contributed by atoms with Crippen molar-refractivity contribution in [3.8, 4) is 5.75 Å². The lowest BCUT2D eigenvalue weighted by molar-refractivity contribution is 0.413. The zero-order valence-electron chi connectivity index (χ0n) is 11.0. The van der Waals surface area contributed by atoms with E-state index in [4.69, 9.17) is 15.9 Å². The third-order valence-corrected chi connectivity index (χ3v) is 3.38. The summed E-state index contributed by atoms with van der Waals surface area (Å²) in [4.78, 5) is 0. The third-order valence-electron chi connectivity index (χ3n) is 3.38. The van der Waals surface area contributed by atoms with Crippen molar-refractivity contribution in [2.75, 3.05) is 7.11 Å². The summed E-state index contributed by atoms with van der Waals surface area (Å²) in [6.45, 7) is 0. The van der Waals surface area contributed by atoms with Crippen LogP contribution in [0.5, 0.6) is 5.75 Å². The Morgan fingerprint density at radius 3 is 2.05 bits per heavy atom. The molecule has 0 radical (unpaired) electrons. The molecule has 0 aromatic heterocycles. The van der Waals surface area contributed by atoms with Gasteiger partial charge in [-0.1, -0.05) is 42.5 Å². The van der Waals surface area contributed by atoms with Gasteiger partial charge in [-0.2, -0.15) is 0 Å². The van der Waals surface area contributed by atoms with Crippen molar-refractivity contribution in [1.29, 1.82) is 5.41 Å². The average Bonchev–Trinajstić information content (AvgIpc) is 2.71. The van der Waals surface area contributed by atoms with Crippen LogP contribution >= 0.6 is 12.4 Å². The van der Waals surface area contributed by atoms with Crippen LogP contribution in [0, 0.1) is 5.41 Å². The smallest absolute Gasteiger partial charge is 0.126 e. The standard InChI is InChI=1S/C16H14N2O.ClH/c1-19-13-9-5-4-8-12(13)14-15(17)10-6-2-3-7-11(10)16(14)18;/h2-9,17H,18H2,1H3;1H. The van der Waals surface area contributed by atoms with Crippen LogP contribution in [0.2, 0.25) is 0 Å². The number of halogens is 1. The van der Waals surface area contributed by atoms with Crippen LogP contribution in [0.1, 0.15) is 16.7 Å². The highest BCUT2D eigenvalue weighted by Gasteiger charge is 2.27. The second-order valence-corrected chi connectivity index (χ2v) is 4.41. The van der Waals surface area contributed by atoms with E-state index in [1.165, 1.54) is 0 Å². The summed E-state index contributed by atoms with van der Waals surface area (Å²) in [5.74, 6) is 0.734. The van der Waals surface area contributed by atoms with E-state index in [1.54, 1.807) is 7.11 Å². The third kappa shape index (κ3) is 1.96. The predicted molar refractivity (Wildman–Crippen MR) is 84.5 cm³/mol. The lowest BCUT2D eigenvalue weighted by atomic mass is 10.0. The van der Waals surface area contributed by atoms with E-state index in [1.807, 2.05) is 48.5 Å². The Hall–Kier alpha value is -2.26. The predicted octanol–water partition coefficient (Wildman–Crippen LogP) is 3.33. The zero-order chi connectivity index (χ0) is 13.4. The van der Waals surface area contributed by atoms with E-state index in [-0.39, 0.29) is 12.4 Å². The number of fused-ring (bicyclic) bond motifs is 1. The molecule has 0 saturated heterocycles. The van der Waals surface area contributed by atoms with Gasteiger partial charge < -0.3 is 10.5 Å². The van der Waals surface area contributed by atoms with Crippen molar-refractivity contribution in [2.45, 2.75) is 0 Å².